The highest BCUT2D eigenvalue weighted by Gasteiger charge is 2.37. The van der Waals surface area contributed by atoms with Gasteiger partial charge in [-0.1, -0.05) is 51.1 Å². The van der Waals surface area contributed by atoms with Crippen LogP contribution in [0.3, 0.4) is 0 Å². The Morgan fingerprint density at radius 1 is 1.26 bits per heavy atom. The molecule has 19 heavy (non-hydrogen) atoms. The molecule has 3 nitrogen and oxygen atoms in total. The van der Waals surface area contributed by atoms with Gasteiger partial charge in [0, 0.05) is 0 Å². The van der Waals surface area contributed by atoms with Gasteiger partial charge in [0.2, 0.25) is 0 Å². The molecular formula is C16H25NO2. The molecule has 1 aromatic carbocycles. The van der Waals surface area contributed by atoms with Gasteiger partial charge < -0.3 is 10.1 Å². The number of hydrogen-bond acceptors (Lipinski definition) is 3. The Morgan fingerprint density at radius 3 is 2.37 bits per heavy atom. The van der Waals surface area contributed by atoms with Crippen molar-refractivity contribution >= 4 is 5.97 Å². The molecule has 0 bridgehead atoms. The summed E-state index contributed by atoms with van der Waals surface area (Å²) in [5.41, 5.74) is 0.780. The normalized spacial score (nSPS) is 14.2. The maximum Gasteiger partial charge on any atom is 0.308 e. The predicted octanol–water partition coefficient (Wildman–Crippen LogP) is 3.10. The molecule has 1 N–H and O–H groups in total. The Kier molecular flexibility index (Phi) is 6.03. The van der Waals surface area contributed by atoms with Gasteiger partial charge in [0.05, 0.1) is 18.6 Å². The lowest BCUT2D eigenvalue weighted by Gasteiger charge is -2.38. The van der Waals surface area contributed by atoms with Crippen LogP contribution in [0.5, 0.6) is 0 Å². The first-order chi connectivity index (χ1) is 9.06. The zero-order chi connectivity index (χ0) is 14.3. The molecule has 0 aliphatic heterocycles. The number of ether oxygens (including phenoxy) is 1. The van der Waals surface area contributed by atoms with E-state index in [4.69, 9.17) is 4.74 Å². The van der Waals surface area contributed by atoms with Gasteiger partial charge in [-0.05, 0) is 24.9 Å². The quantitative estimate of drug-likeness (QED) is 0.768. The summed E-state index contributed by atoms with van der Waals surface area (Å²) >= 11 is 0. The van der Waals surface area contributed by atoms with Gasteiger partial charge in [-0.3, -0.25) is 4.79 Å². The molecule has 3 heteroatoms. The van der Waals surface area contributed by atoms with E-state index in [1.165, 1.54) is 0 Å². The van der Waals surface area contributed by atoms with Crippen molar-refractivity contribution in [3.05, 3.63) is 35.9 Å². The molecule has 0 aliphatic rings. The number of carbonyl (C=O) groups is 1. The van der Waals surface area contributed by atoms with E-state index in [0.29, 0.717) is 18.9 Å². The molecule has 0 saturated carbocycles. The SMILES string of the molecule is CCNC(CC(=O)OCC)(c1ccccc1)C(C)C. The number of nitrogens with one attached hydrogen (secondary N) is 1. The Bertz CT molecular complexity index is 389. The van der Waals surface area contributed by atoms with E-state index >= 15 is 0 Å². The Labute approximate surface area is 116 Å². The topological polar surface area (TPSA) is 38.3 Å². The van der Waals surface area contributed by atoms with E-state index in [2.05, 4.69) is 38.2 Å². The summed E-state index contributed by atoms with van der Waals surface area (Å²) in [5.74, 6) is 0.139. The van der Waals surface area contributed by atoms with Gasteiger partial charge in [-0.25, -0.2) is 0 Å². The van der Waals surface area contributed by atoms with Crippen molar-refractivity contribution in [1.82, 2.24) is 5.32 Å². The van der Waals surface area contributed by atoms with Gasteiger partial charge in [-0.15, -0.1) is 0 Å². The fourth-order valence-electron chi connectivity index (χ4n) is 2.50. The Morgan fingerprint density at radius 2 is 1.89 bits per heavy atom. The lowest BCUT2D eigenvalue weighted by atomic mass is 9.77. The largest absolute Gasteiger partial charge is 0.466 e. The second-order valence-corrected chi connectivity index (χ2v) is 5.00. The minimum absolute atomic E-state index is 0.152. The smallest absolute Gasteiger partial charge is 0.308 e. The molecule has 0 heterocycles. The van der Waals surface area contributed by atoms with Crippen LogP contribution in [0.2, 0.25) is 0 Å². The molecule has 1 atom stereocenters. The zero-order valence-electron chi connectivity index (χ0n) is 12.4. The summed E-state index contributed by atoms with van der Waals surface area (Å²) < 4.78 is 5.14. The first-order valence-corrected chi connectivity index (χ1v) is 7.03. The second-order valence-electron chi connectivity index (χ2n) is 5.00. The van der Waals surface area contributed by atoms with Crippen molar-refractivity contribution in [3.63, 3.8) is 0 Å². The summed E-state index contributed by atoms with van der Waals surface area (Å²) in [4.78, 5) is 11.9. The second kappa shape index (κ2) is 7.29. The van der Waals surface area contributed by atoms with Crippen molar-refractivity contribution in [2.24, 2.45) is 5.92 Å². The number of hydrogen-bond donors (Lipinski definition) is 1. The summed E-state index contributed by atoms with van der Waals surface area (Å²) in [6.45, 7) is 9.40. The average Bonchev–Trinajstić information content (AvgIpc) is 2.39. The van der Waals surface area contributed by atoms with Crippen LogP contribution >= 0.6 is 0 Å². The van der Waals surface area contributed by atoms with Crippen LogP contribution in [0, 0.1) is 5.92 Å². The van der Waals surface area contributed by atoms with Crippen molar-refractivity contribution in [2.75, 3.05) is 13.2 Å². The van der Waals surface area contributed by atoms with E-state index in [0.717, 1.165) is 12.1 Å². The van der Waals surface area contributed by atoms with Gasteiger partial charge >= 0.3 is 5.97 Å². The zero-order valence-corrected chi connectivity index (χ0v) is 12.4. The predicted molar refractivity (Wildman–Crippen MR) is 77.9 cm³/mol. The fraction of sp³-hybridized carbons (Fsp3) is 0.562. The van der Waals surface area contributed by atoms with Crippen molar-refractivity contribution < 1.29 is 9.53 Å². The minimum atomic E-state index is -0.359. The molecular weight excluding hydrogens is 238 g/mol. The molecule has 0 amide bonds. The molecule has 0 spiro atoms. The van der Waals surface area contributed by atoms with Gasteiger partial charge in [0.25, 0.3) is 0 Å². The molecule has 1 aromatic rings. The lowest BCUT2D eigenvalue weighted by Crippen LogP contribution is -2.48. The van der Waals surface area contributed by atoms with Crippen molar-refractivity contribution in [3.8, 4) is 0 Å². The Balaban J connectivity index is 3.11. The minimum Gasteiger partial charge on any atom is -0.466 e. The van der Waals surface area contributed by atoms with Crippen molar-refractivity contribution in [2.45, 2.75) is 39.7 Å². The third-order valence-electron chi connectivity index (χ3n) is 3.50. The molecule has 0 aliphatic carbocycles. The first-order valence-electron chi connectivity index (χ1n) is 7.03. The molecule has 0 saturated heterocycles. The maximum atomic E-state index is 11.9. The molecule has 106 valence electrons. The van der Waals surface area contributed by atoms with Gasteiger partial charge in [-0.2, -0.15) is 0 Å². The highest BCUT2D eigenvalue weighted by molar-refractivity contribution is 5.71. The highest BCUT2D eigenvalue weighted by Crippen LogP contribution is 2.33. The third-order valence-corrected chi connectivity index (χ3v) is 3.50. The van der Waals surface area contributed by atoms with E-state index in [1.807, 2.05) is 25.1 Å². The summed E-state index contributed by atoms with van der Waals surface area (Å²) in [6.07, 6.45) is 0.357. The number of rotatable bonds is 7. The van der Waals surface area contributed by atoms with Gasteiger partial charge in [0.15, 0.2) is 0 Å². The average molecular weight is 263 g/mol. The van der Waals surface area contributed by atoms with E-state index in [1.54, 1.807) is 0 Å². The van der Waals surface area contributed by atoms with Crippen LogP contribution in [0.1, 0.15) is 39.7 Å². The van der Waals surface area contributed by atoms with Crippen LogP contribution in [0.15, 0.2) is 30.3 Å². The van der Waals surface area contributed by atoms with E-state index in [-0.39, 0.29) is 11.5 Å². The Hall–Kier alpha value is -1.35. The van der Waals surface area contributed by atoms with E-state index in [9.17, 15) is 4.79 Å². The van der Waals surface area contributed by atoms with Crippen LogP contribution in [0.25, 0.3) is 0 Å². The first kappa shape index (κ1) is 15.7. The van der Waals surface area contributed by atoms with Crippen LogP contribution in [-0.2, 0) is 15.1 Å². The highest BCUT2D eigenvalue weighted by atomic mass is 16.5. The van der Waals surface area contributed by atoms with Crippen LogP contribution in [0.4, 0.5) is 0 Å². The number of esters is 1. The van der Waals surface area contributed by atoms with Crippen LogP contribution < -0.4 is 5.32 Å². The van der Waals surface area contributed by atoms with Crippen LogP contribution in [-0.4, -0.2) is 19.1 Å². The standard InChI is InChI=1S/C16H25NO2/c1-5-17-16(13(3)4,12-15(18)19-6-2)14-10-8-7-9-11-14/h7-11,13,17H,5-6,12H2,1-4H3. The fourth-order valence-corrected chi connectivity index (χ4v) is 2.50. The van der Waals surface area contributed by atoms with Crippen molar-refractivity contribution in [1.29, 1.82) is 0 Å². The van der Waals surface area contributed by atoms with E-state index < -0.39 is 0 Å². The van der Waals surface area contributed by atoms with Gasteiger partial charge in [0.1, 0.15) is 0 Å². The third kappa shape index (κ3) is 3.80. The molecule has 1 rings (SSSR count). The molecule has 0 fully saturated rings. The monoisotopic (exact) mass is 263 g/mol. The lowest BCUT2D eigenvalue weighted by molar-refractivity contribution is -0.145. The molecule has 1 unspecified atom stereocenters. The molecule has 0 radical (unpaired) electrons. The molecule has 0 aromatic heterocycles. The summed E-state index contributed by atoms with van der Waals surface area (Å²) in [7, 11) is 0. The number of benzene rings is 1. The maximum absolute atomic E-state index is 11.9. The number of carbonyl (C=O) groups excluding carboxylic acids is 1. The summed E-state index contributed by atoms with van der Waals surface area (Å²) in [6, 6.07) is 10.2. The summed E-state index contributed by atoms with van der Waals surface area (Å²) in [5, 5.41) is 3.50.